The van der Waals surface area contributed by atoms with E-state index < -0.39 is 5.60 Å². The van der Waals surface area contributed by atoms with Gasteiger partial charge < -0.3 is 15.3 Å². The summed E-state index contributed by atoms with van der Waals surface area (Å²) in [5, 5.41) is 13.4. The van der Waals surface area contributed by atoms with E-state index in [1.165, 1.54) is 0 Å². The first-order valence-corrected chi connectivity index (χ1v) is 7.22. The third kappa shape index (κ3) is 2.69. The van der Waals surface area contributed by atoms with Crippen LogP contribution in [0.2, 0.25) is 0 Å². The molecule has 2 atom stereocenters. The number of carbonyl (C=O) groups is 1. The first-order valence-electron chi connectivity index (χ1n) is 7.22. The van der Waals surface area contributed by atoms with Crippen molar-refractivity contribution in [1.29, 1.82) is 0 Å². The minimum absolute atomic E-state index is 0.184. The van der Waals surface area contributed by atoms with Crippen molar-refractivity contribution in [2.45, 2.75) is 51.6 Å². The van der Waals surface area contributed by atoms with Crippen LogP contribution in [0.1, 0.15) is 46.0 Å². The lowest BCUT2D eigenvalue weighted by molar-refractivity contribution is -0.141. The molecule has 0 aliphatic carbocycles. The highest BCUT2D eigenvalue weighted by atomic mass is 16.3. The minimum Gasteiger partial charge on any atom is -0.390 e. The van der Waals surface area contributed by atoms with Crippen molar-refractivity contribution < 1.29 is 9.90 Å². The largest absolute Gasteiger partial charge is 0.390 e. The zero-order valence-corrected chi connectivity index (χ0v) is 11.7. The van der Waals surface area contributed by atoms with Crippen LogP contribution in [0.25, 0.3) is 0 Å². The van der Waals surface area contributed by atoms with E-state index in [1.54, 1.807) is 0 Å². The molecule has 104 valence electrons. The maximum Gasteiger partial charge on any atom is 0.230 e. The second-order valence-electron chi connectivity index (χ2n) is 6.20. The second-order valence-corrected chi connectivity index (χ2v) is 6.20. The van der Waals surface area contributed by atoms with E-state index in [9.17, 15) is 9.90 Å². The molecule has 0 bridgehead atoms. The Kier molecular flexibility index (Phi) is 3.97. The summed E-state index contributed by atoms with van der Waals surface area (Å²) in [5.74, 6) is 0.299. The summed E-state index contributed by atoms with van der Waals surface area (Å²) < 4.78 is 0. The molecule has 2 heterocycles. The SMILES string of the molecule is CCC1(C(=O)N2CCCC(C)(O)CC2)CCNC1. The van der Waals surface area contributed by atoms with E-state index >= 15 is 0 Å². The van der Waals surface area contributed by atoms with Crippen molar-refractivity contribution in [2.75, 3.05) is 26.2 Å². The van der Waals surface area contributed by atoms with Gasteiger partial charge >= 0.3 is 0 Å². The summed E-state index contributed by atoms with van der Waals surface area (Å²) in [6.45, 7) is 7.26. The van der Waals surface area contributed by atoms with Gasteiger partial charge in [-0.15, -0.1) is 0 Å². The number of hydrogen-bond donors (Lipinski definition) is 2. The molecule has 0 aromatic heterocycles. The standard InChI is InChI=1S/C14H26N2O2/c1-3-14(6-8-15-11-14)12(17)16-9-4-5-13(2,18)7-10-16/h15,18H,3-11H2,1-2H3. The molecule has 0 aromatic rings. The highest BCUT2D eigenvalue weighted by molar-refractivity contribution is 5.83. The summed E-state index contributed by atoms with van der Waals surface area (Å²) >= 11 is 0. The maximum atomic E-state index is 12.7. The smallest absolute Gasteiger partial charge is 0.230 e. The Balaban J connectivity index is 2.04. The Labute approximate surface area is 110 Å². The average Bonchev–Trinajstić information content (AvgIpc) is 2.75. The van der Waals surface area contributed by atoms with Crippen LogP contribution in [0.15, 0.2) is 0 Å². The van der Waals surface area contributed by atoms with Gasteiger partial charge in [0.15, 0.2) is 0 Å². The molecule has 0 spiro atoms. The van der Waals surface area contributed by atoms with Gasteiger partial charge in [-0.25, -0.2) is 0 Å². The predicted molar refractivity (Wildman–Crippen MR) is 71.3 cm³/mol. The fraction of sp³-hybridized carbons (Fsp3) is 0.929. The Hall–Kier alpha value is -0.610. The summed E-state index contributed by atoms with van der Waals surface area (Å²) in [5.41, 5.74) is -0.779. The Morgan fingerprint density at radius 1 is 1.33 bits per heavy atom. The van der Waals surface area contributed by atoms with E-state index in [1.807, 2.05) is 11.8 Å². The van der Waals surface area contributed by atoms with Crippen molar-refractivity contribution in [3.05, 3.63) is 0 Å². The lowest BCUT2D eigenvalue weighted by atomic mass is 9.82. The van der Waals surface area contributed by atoms with Crippen molar-refractivity contribution >= 4 is 5.91 Å². The fourth-order valence-electron chi connectivity index (χ4n) is 3.18. The van der Waals surface area contributed by atoms with Crippen molar-refractivity contribution in [2.24, 2.45) is 5.41 Å². The van der Waals surface area contributed by atoms with Crippen LogP contribution in [-0.2, 0) is 4.79 Å². The molecule has 0 aromatic carbocycles. The van der Waals surface area contributed by atoms with Crippen LogP contribution < -0.4 is 5.32 Å². The second kappa shape index (κ2) is 5.17. The monoisotopic (exact) mass is 254 g/mol. The molecule has 2 rings (SSSR count). The van der Waals surface area contributed by atoms with Gasteiger partial charge in [0.1, 0.15) is 0 Å². The quantitative estimate of drug-likeness (QED) is 0.777. The number of amides is 1. The van der Waals surface area contributed by atoms with Gasteiger partial charge in [-0.05, 0) is 45.6 Å². The third-order valence-corrected chi connectivity index (χ3v) is 4.73. The number of carbonyl (C=O) groups excluding carboxylic acids is 1. The molecule has 2 aliphatic rings. The van der Waals surface area contributed by atoms with Gasteiger partial charge in [0.05, 0.1) is 11.0 Å². The van der Waals surface area contributed by atoms with Crippen LogP contribution in [-0.4, -0.2) is 47.7 Å². The molecular weight excluding hydrogens is 228 g/mol. The number of nitrogens with zero attached hydrogens (tertiary/aromatic N) is 1. The number of rotatable bonds is 2. The lowest BCUT2D eigenvalue weighted by Crippen LogP contribution is -2.45. The van der Waals surface area contributed by atoms with Gasteiger partial charge in [-0.3, -0.25) is 4.79 Å². The molecule has 2 saturated heterocycles. The van der Waals surface area contributed by atoms with Crippen molar-refractivity contribution in [1.82, 2.24) is 10.2 Å². The molecule has 2 fully saturated rings. The van der Waals surface area contributed by atoms with Gasteiger partial charge in [0.2, 0.25) is 5.91 Å². The van der Waals surface area contributed by atoms with E-state index in [0.717, 1.165) is 45.3 Å². The van der Waals surface area contributed by atoms with Gasteiger partial charge in [-0.1, -0.05) is 6.92 Å². The Morgan fingerprint density at radius 2 is 2.11 bits per heavy atom. The van der Waals surface area contributed by atoms with Crippen molar-refractivity contribution in [3.8, 4) is 0 Å². The van der Waals surface area contributed by atoms with Crippen LogP contribution in [0.5, 0.6) is 0 Å². The average molecular weight is 254 g/mol. The Morgan fingerprint density at radius 3 is 2.72 bits per heavy atom. The Bertz CT molecular complexity index is 309. The summed E-state index contributed by atoms with van der Waals surface area (Å²) in [6.07, 6.45) is 4.27. The van der Waals surface area contributed by atoms with E-state index in [2.05, 4.69) is 12.2 Å². The first kappa shape index (κ1) is 13.8. The fourth-order valence-corrected chi connectivity index (χ4v) is 3.18. The summed E-state index contributed by atoms with van der Waals surface area (Å²) in [7, 11) is 0. The molecule has 18 heavy (non-hydrogen) atoms. The van der Waals surface area contributed by atoms with Gasteiger partial charge in [-0.2, -0.15) is 0 Å². The number of hydrogen-bond acceptors (Lipinski definition) is 3. The highest BCUT2D eigenvalue weighted by Crippen LogP contribution is 2.33. The summed E-state index contributed by atoms with van der Waals surface area (Å²) in [4.78, 5) is 14.7. The van der Waals surface area contributed by atoms with Gasteiger partial charge in [0.25, 0.3) is 0 Å². The minimum atomic E-state index is -0.595. The topological polar surface area (TPSA) is 52.6 Å². The van der Waals surface area contributed by atoms with Crippen LogP contribution in [0, 0.1) is 5.41 Å². The molecule has 0 saturated carbocycles. The number of likely N-dealkylation sites (tertiary alicyclic amines) is 1. The molecule has 0 radical (unpaired) electrons. The molecule has 2 N–H and O–H groups in total. The highest BCUT2D eigenvalue weighted by Gasteiger charge is 2.42. The predicted octanol–water partition coefficient (Wildman–Crippen LogP) is 1.14. The van der Waals surface area contributed by atoms with Crippen LogP contribution >= 0.6 is 0 Å². The van der Waals surface area contributed by atoms with Crippen LogP contribution in [0.4, 0.5) is 0 Å². The van der Waals surface area contributed by atoms with E-state index in [-0.39, 0.29) is 5.41 Å². The molecular formula is C14H26N2O2. The molecule has 4 heteroatoms. The first-order chi connectivity index (χ1) is 8.49. The maximum absolute atomic E-state index is 12.7. The normalized spacial score (nSPS) is 37.6. The molecule has 2 unspecified atom stereocenters. The van der Waals surface area contributed by atoms with E-state index in [4.69, 9.17) is 0 Å². The molecule has 2 aliphatic heterocycles. The van der Waals surface area contributed by atoms with Gasteiger partial charge in [0, 0.05) is 19.6 Å². The molecule has 1 amide bonds. The number of nitrogens with one attached hydrogen (secondary N) is 1. The van der Waals surface area contributed by atoms with Crippen LogP contribution in [0.3, 0.4) is 0 Å². The lowest BCUT2D eigenvalue weighted by Gasteiger charge is -2.33. The zero-order chi connectivity index (χ0) is 13.2. The molecule has 4 nitrogen and oxygen atoms in total. The summed E-state index contributed by atoms with van der Waals surface area (Å²) in [6, 6.07) is 0. The third-order valence-electron chi connectivity index (χ3n) is 4.73. The zero-order valence-electron chi connectivity index (χ0n) is 11.7. The van der Waals surface area contributed by atoms with E-state index in [0.29, 0.717) is 18.9 Å². The van der Waals surface area contributed by atoms with Crippen molar-refractivity contribution in [3.63, 3.8) is 0 Å². The number of aliphatic hydroxyl groups is 1.